The first kappa shape index (κ1) is 22.8. The molecule has 33 heavy (non-hydrogen) atoms. The van der Waals surface area contributed by atoms with Gasteiger partial charge in [0.05, 0.1) is 9.21 Å². The maximum atomic E-state index is 12.9. The molecule has 11 heteroatoms. The van der Waals surface area contributed by atoms with Crippen LogP contribution in [0, 0.1) is 0 Å². The van der Waals surface area contributed by atoms with E-state index >= 15 is 0 Å². The van der Waals surface area contributed by atoms with Gasteiger partial charge in [0.2, 0.25) is 0 Å². The molecule has 4 rings (SSSR count). The second-order valence-corrected chi connectivity index (χ2v) is 8.97. The van der Waals surface area contributed by atoms with Crippen molar-refractivity contribution < 1.29 is 18.7 Å². The van der Waals surface area contributed by atoms with Crippen molar-refractivity contribution in [1.82, 2.24) is 15.3 Å². The van der Waals surface area contributed by atoms with Crippen LogP contribution in [-0.4, -0.2) is 35.1 Å². The molecule has 4 aromatic rings. The second kappa shape index (κ2) is 10.1. The number of rotatable bonds is 7. The highest BCUT2D eigenvalue weighted by Gasteiger charge is 2.23. The fourth-order valence-electron chi connectivity index (χ4n) is 2.80. The minimum atomic E-state index is -0.406. The monoisotopic (exact) mass is 500 g/mol. The standard InChI is InChI=1S/C22H17ClN4O4S2/c1-24-20(28)15-11-14(9-10-25-15)30-13-5-3-12(4-6-13)26-21(29)18-19(31-22(27-18)32-2)16-7-8-17(23)33-16/h3-11H,1-2H3,(H,24,28)(H,26,29). The number of halogens is 1. The van der Waals surface area contributed by atoms with Crippen molar-refractivity contribution in [3.63, 3.8) is 0 Å². The summed E-state index contributed by atoms with van der Waals surface area (Å²) in [6.07, 6.45) is 3.31. The van der Waals surface area contributed by atoms with Crippen molar-refractivity contribution >= 4 is 52.2 Å². The van der Waals surface area contributed by atoms with Crippen molar-refractivity contribution in [2.75, 3.05) is 18.6 Å². The Morgan fingerprint density at radius 3 is 2.55 bits per heavy atom. The molecule has 0 radical (unpaired) electrons. The molecule has 2 N–H and O–H groups in total. The van der Waals surface area contributed by atoms with Gasteiger partial charge in [0.15, 0.2) is 11.5 Å². The van der Waals surface area contributed by atoms with Crippen LogP contribution in [-0.2, 0) is 0 Å². The first-order chi connectivity index (χ1) is 16.0. The topological polar surface area (TPSA) is 106 Å². The molecule has 0 aliphatic heterocycles. The van der Waals surface area contributed by atoms with Crippen LogP contribution in [0.15, 0.2) is 64.4 Å². The van der Waals surface area contributed by atoms with Crippen LogP contribution in [0.4, 0.5) is 5.69 Å². The van der Waals surface area contributed by atoms with Gasteiger partial charge in [0.1, 0.15) is 17.2 Å². The van der Waals surface area contributed by atoms with Gasteiger partial charge in [-0.15, -0.1) is 11.3 Å². The Morgan fingerprint density at radius 1 is 1.09 bits per heavy atom. The number of hydrogen-bond acceptors (Lipinski definition) is 8. The minimum Gasteiger partial charge on any atom is -0.457 e. The number of carbonyl (C=O) groups excluding carboxylic acids is 2. The molecule has 0 saturated heterocycles. The summed E-state index contributed by atoms with van der Waals surface area (Å²) in [6.45, 7) is 0. The molecule has 0 bridgehead atoms. The lowest BCUT2D eigenvalue weighted by Crippen LogP contribution is -2.18. The highest BCUT2D eigenvalue weighted by molar-refractivity contribution is 7.98. The van der Waals surface area contributed by atoms with Crippen molar-refractivity contribution in [1.29, 1.82) is 0 Å². The van der Waals surface area contributed by atoms with Crippen molar-refractivity contribution in [3.05, 3.63) is 70.5 Å². The molecule has 2 amide bonds. The van der Waals surface area contributed by atoms with Gasteiger partial charge in [0, 0.05) is 25.0 Å². The smallest absolute Gasteiger partial charge is 0.278 e. The Balaban J connectivity index is 1.48. The quantitative estimate of drug-likeness (QED) is 0.319. The fraction of sp³-hybridized carbons (Fsp3) is 0.0909. The number of anilines is 1. The first-order valence-electron chi connectivity index (χ1n) is 9.54. The number of ether oxygens (including phenoxy) is 1. The molecule has 0 saturated carbocycles. The zero-order valence-corrected chi connectivity index (χ0v) is 19.8. The van der Waals surface area contributed by atoms with Gasteiger partial charge >= 0.3 is 0 Å². The number of pyridine rings is 1. The van der Waals surface area contributed by atoms with E-state index in [1.54, 1.807) is 48.5 Å². The molecule has 168 valence electrons. The Kier molecular flexibility index (Phi) is 6.97. The van der Waals surface area contributed by atoms with E-state index in [9.17, 15) is 9.59 Å². The molecule has 0 aliphatic rings. The number of aromatic nitrogens is 2. The summed E-state index contributed by atoms with van der Waals surface area (Å²) in [7, 11) is 1.53. The first-order valence-corrected chi connectivity index (χ1v) is 12.0. The molecular formula is C22H17ClN4O4S2. The van der Waals surface area contributed by atoms with Crippen molar-refractivity contribution in [2.45, 2.75) is 5.22 Å². The van der Waals surface area contributed by atoms with E-state index in [4.69, 9.17) is 20.8 Å². The van der Waals surface area contributed by atoms with Crippen LogP contribution in [0.1, 0.15) is 21.0 Å². The van der Waals surface area contributed by atoms with Crippen LogP contribution >= 0.6 is 34.7 Å². The highest BCUT2D eigenvalue weighted by atomic mass is 35.5. The summed E-state index contributed by atoms with van der Waals surface area (Å²) in [6, 6.07) is 13.5. The van der Waals surface area contributed by atoms with Crippen LogP contribution in [0.2, 0.25) is 4.34 Å². The van der Waals surface area contributed by atoms with Crippen molar-refractivity contribution in [2.24, 2.45) is 0 Å². The third-order valence-corrected chi connectivity index (χ3v) is 6.09. The molecule has 8 nitrogen and oxygen atoms in total. The van der Waals surface area contributed by atoms with E-state index in [-0.39, 0.29) is 17.3 Å². The predicted molar refractivity (Wildman–Crippen MR) is 129 cm³/mol. The van der Waals surface area contributed by atoms with Gasteiger partial charge in [-0.05, 0) is 48.7 Å². The normalized spacial score (nSPS) is 10.6. The number of benzene rings is 1. The van der Waals surface area contributed by atoms with Crippen LogP contribution in [0.3, 0.4) is 0 Å². The van der Waals surface area contributed by atoms with Gasteiger partial charge in [-0.25, -0.2) is 0 Å². The molecule has 0 spiro atoms. The maximum absolute atomic E-state index is 12.9. The molecule has 1 aromatic carbocycles. The number of nitrogens with zero attached hydrogens (tertiary/aromatic N) is 2. The van der Waals surface area contributed by atoms with Crippen LogP contribution in [0.25, 0.3) is 10.6 Å². The summed E-state index contributed by atoms with van der Waals surface area (Å²) < 4.78 is 12.1. The Bertz CT molecular complexity index is 1300. The summed E-state index contributed by atoms with van der Waals surface area (Å²) in [5.41, 5.74) is 0.979. The van der Waals surface area contributed by atoms with Crippen LogP contribution in [0.5, 0.6) is 11.5 Å². The van der Waals surface area contributed by atoms with Gasteiger partial charge < -0.3 is 19.8 Å². The Hall–Kier alpha value is -3.34. The molecule has 0 fully saturated rings. The van der Waals surface area contributed by atoms with Crippen LogP contribution < -0.4 is 15.4 Å². The summed E-state index contributed by atoms with van der Waals surface area (Å²) >= 11 is 8.64. The summed E-state index contributed by atoms with van der Waals surface area (Å²) in [5.74, 6) is 0.656. The fourth-order valence-corrected chi connectivity index (χ4v) is 4.18. The highest BCUT2D eigenvalue weighted by Crippen LogP contribution is 2.35. The number of oxazole rings is 1. The second-order valence-electron chi connectivity index (χ2n) is 6.50. The zero-order valence-electron chi connectivity index (χ0n) is 17.4. The SMILES string of the molecule is CNC(=O)c1cc(Oc2ccc(NC(=O)c3nc(SC)oc3-c3ccc(Cl)s3)cc2)ccn1. The number of amides is 2. The third kappa shape index (κ3) is 5.36. The number of hydrogen-bond donors (Lipinski definition) is 2. The molecule has 3 aromatic heterocycles. The molecule has 0 aliphatic carbocycles. The minimum absolute atomic E-state index is 0.178. The Labute approximate surface area is 202 Å². The van der Waals surface area contributed by atoms with E-state index in [2.05, 4.69) is 20.6 Å². The number of thiophene rings is 1. The zero-order chi connectivity index (χ0) is 23.4. The third-order valence-electron chi connectivity index (χ3n) is 4.33. The lowest BCUT2D eigenvalue weighted by molar-refractivity contribution is 0.0957. The van der Waals surface area contributed by atoms with Gasteiger partial charge in [-0.1, -0.05) is 23.4 Å². The average Bonchev–Trinajstić information content (AvgIpc) is 3.46. The van der Waals surface area contributed by atoms with Gasteiger partial charge in [0.25, 0.3) is 17.0 Å². The lowest BCUT2D eigenvalue weighted by Gasteiger charge is -2.08. The summed E-state index contributed by atoms with van der Waals surface area (Å²) in [4.78, 5) is 33.7. The molecule has 3 heterocycles. The van der Waals surface area contributed by atoms with Gasteiger partial charge in [-0.3, -0.25) is 14.6 Å². The molecule has 0 atom stereocenters. The average molecular weight is 501 g/mol. The summed E-state index contributed by atoms with van der Waals surface area (Å²) in [5, 5.41) is 5.72. The van der Waals surface area contributed by atoms with E-state index in [1.807, 2.05) is 6.26 Å². The lowest BCUT2D eigenvalue weighted by atomic mass is 10.2. The molecular weight excluding hydrogens is 484 g/mol. The number of carbonyl (C=O) groups is 2. The van der Waals surface area contributed by atoms with E-state index in [0.717, 1.165) is 4.88 Å². The van der Waals surface area contributed by atoms with Gasteiger partial charge in [-0.2, -0.15) is 4.98 Å². The molecule has 0 unspecified atom stereocenters. The number of nitrogens with one attached hydrogen (secondary N) is 2. The van der Waals surface area contributed by atoms with E-state index in [1.165, 1.54) is 36.3 Å². The Morgan fingerprint density at radius 2 is 1.88 bits per heavy atom. The van der Waals surface area contributed by atoms with E-state index < -0.39 is 5.91 Å². The maximum Gasteiger partial charge on any atom is 0.278 e. The predicted octanol–water partition coefficient (Wildman–Crippen LogP) is 5.58. The van der Waals surface area contributed by atoms with Crippen molar-refractivity contribution in [3.8, 4) is 22.1 Å². The largest absolute Gasteiger partial charge is 0.457 e. The number of thioether (sulfide) groups is 1. The van der Waals surface area contributed by atoms with E-state index in [0.29, 0.717) is 32.5 Å².